The Morgan fingerprint density at radius 1 is 1.30 bits per heavy atom. The minimum absolute atomic E-state index is 0.136. The minimum Gasteiger partial charge on any atom is -0.394 e. The molecule has 0 saturated carbocycles. The molecule has 20 heavy (non-hydrogen) atoms. The van der Waals surface area contributed by atoms with Gasteiger partial charge in [0, 0.05) is 6.20 Å². The van der Waals surface area contributed by atoms with Crippen LogP contribution in [-0.4, -0.2) is 28.6 Å². The zero-order valence-electron chi connectivity index (χ0n) is 10.8. The maximum atomic E-state index is 13.0. The number of hydrogen-bond acceptors (Lipinski definition) is 3. The second-order valence-electron chi connectivity index (χ2n) is 4.43. The van der Waals surface area contributed by atoms with Crippen molar-refractivity contribution in [3.8, 4) is 0 Å². The van der Waals surface area contributed by atoms with E-state index in [2.05, 4.69) is 10.3 Å². The van der Waals surface area contributed by atoms with E-state index in [9.17, 15) is 14.3 Å². The number of aliphatic hydroxyl groups excluding tert-OH is 1. The number of carbonyl (C=O) groups excluding carboxylic acids is 1. The topological polar surface area (TPSA) is 62.2 Å². The van der Waals surface area contributed by atoms with Crippen LogP contribution < -0.4 is 5.32 Å². The van der Waals surface area contributed by atoms with Crippen LogP contribution in [0, 0.1) is 5.82 Å². The summed E-state index contributed by atoms with van der Waals surface area (Å²) in [5.74, 6) is -1.02. The van der Waals surface area contributed by atoms with Crippen LogP contribution in [0.2, 0.25) is 0 Å². The van der Waals surface area contributed by atoms with Crippen molar-refractivity contribution >= 4 is 5.91 Å². The molecule has 0 aliphatic carbocycles. The molecule has 2 rings (SSSR count). The van der Waals surface area contributed by atoms with Gasteiger partial charge in [0.25, 0.3) is 5.91 Å². The van der Waals surface area contributed by atoms with Gasteiger partial charge in [-0.15, -0.1) is 0 Å². The third kappa shape index (κ3) is 3.86. The predicted octanol–water partition coefficient (Wildman–Crippen LogP) is 1.55. The fourth-order valence-electron chi connectivity index (χ4n) is 1.86. The number of aromatic nitrogens is 1. The van der Waals surface area contributed by atoms with Gasteiger partial charge in [-0.25, -0.2) is 4.39 Å². The van der Waals surface area contributed by atoms with Crippen LogP contribution in [0.4, 0.5) is 4.39 Å². The van der Waals surface area contributed by atoms with Crippen molar-refractivity contribution in [1.29, 1.82) is 0 Å². The predicted molar refractivity (Wildman–Crippen MR) is 72.7 cm³/mol. The molecular formula is C15H15FN2O2. The number of nitrogens with zero attached hydrogens (tertiary/aromatic N) is 1. The van der Waals surface area contributed by atoms with Gasteiger partial charge in [0.05, 0.1) is 24.4 Å². The lowest BCUT2D eigenvalue weighted by Gasteiger charge is -2.16. The van der Waals surface area contributed by atoms with Gasteiger partial charge in [-0.05, 0) is 18.1 Å². The molecule has 1 amide bonds. The molecule has 0 fully saturated rings. The van der Waals surface area contributed by atoms with Crippen molar-refractivity contribution in [3.63, 3.8) is 0 Å². The van der Waals surface area contributed by atoms with Crippen molar-refractivity contribution in [1.82, 2.24) is 10.3 Å². The fourth-order valence-corrected chi connectivity index (χ4v) is 1.86. The van der Waals surface area contributed by atoms with E-state index in [1.807, 2.05) is 30.3 Å². The molecule has 2 N–H and O–H groups in total. The normalized spacial score (nSPS) is 11.9. The van der Waals surface area contributed by atoms with E-state index < -0.39 is 17.8 Å². The highest BCUT2D eigenvalue weighted by atomic mass is 19.1. The number of nitrogens with one attached hydrogen (secondary N) is 1. The molecule has 0 saturated heterocycles. The average Bonchev–Trinajstić information content (AvgIpc) is 2.47. The third-order valence-electron chi connectivity index (χ3n) is 2.85. The maximum Gasteiger partial charge on any atom is 0.253 e. The van der Waals surface area contributed by atoms with Crippen molar-refractivity contribution < 1.29 is 14.3 Å². The SMILES string of the molecule is O=C(NC(CO)Cc1ccccc1)c1cncc(F)c1. The van der Waals surface area contributed by atoms with E-state index in [0.29, 0.717) is 6.42 Å². The lowest BCUT2D eigenvalue weighted by molar-refractivity contribution is 0.0915. The molecule has 0 aliphatic rings. The molecule has 0 bridgehead atoms. The Balaban J connectivity index is 2.01. The van der Waals surface area contributed by atoms with Gasteiger partial charge in [0.1, 0.15) is 5.82 Å². The summed E-state index contributed by atoms with van der Waals surface area (Å²) in [7, 11) is 0. The summed E-state index contributed by atoms with van der Waals surface area (Å²) in [6.07, 6.45) is 2.82. The van der Waals surface area contributed by atoms with Crippen LogP contribution in [-0.2, 0) is 6.42 Å². The van der Waals surface area contributed by atoms with E-state index in [4.69, 9.17) is 0 Å². The molecule has 4 nitrogen and oxygen atoms in total. The minimum atomic E-state index is -0.568. The number of aliphatic hydroxyl groups is 1. The van der Waals surface area contributed by atoms with Gasteiger partial charge in [0.2, 0.25) is 0 Å². The van der Waals surface area contributed by atoms with Gasteiger partial charge >= 0.3 is 0 Å². The lowest BCUT2D eigenvalue weighted by atomic mass is 10.1. The molecule has 5 heteroatoms. The van der Waals surface area contributed by atoms with Crippen molar-refractivity contribution in [2.75, 3.05) is 6.61 Å². The van der Waals surface area contributed by atoms with Gasteiger partial charge in [-0.3, -0.25) is 9.78 Å². The third-order valence-corrected chi connectivity index (χ3v) is 2.85. The highest BCUT2D eigenvalue weighted by Crippen LogP contribution is 2.05. The highest BCUT2D eigenvalue weighted by molar-refractivity contribution is 5.94. The van der Waals surface area contributed by atoms with Crippen LogP contribution in [0.25, 0.3) is 0 Å². The van der Waals surface area contributed by atoms with Crippen molar-refractivity contribution in [3.05, 3.63) is 65.7 Å². The van der Waals surface area contributed by atoms with Gasteiger partial charge in [-0.1, -0.05) is 30.3 Å². The highest BCUT2D eigenvalue weighted by Gasteiger charge is 2.14. The summed E-state index contributed by atoms with van der Waals surface area (Å²) in [5, 5.41) is 12.0. The average molecular weight is 274 g/mol. The Kier molecular flexibility index (Phi) is 4.79. The molecular weight excluding hydrogens is 259 g/mol. The van der Waals surface area contributed by atoms with Crippen LogP contribution in [0.1, 0.15) is 15.9 Å². The number of pyridine rings is 1. The van der Waals surface area contributed by atoms with Crippen LogP contribution >= 0.6 is 0 Å². The molecule has 104 valence electrons. The van der Waals surface area contributed by atoms with Crippen LogP contribution in [0.15, 0.2) is 48.8 Å². The number of amides is 1. The van der Waals surface area contributed by atoms with Gasteiger partial charge in [-0.2, -0.15) is 0 Å². The zero-order valence-corrected chi connectivity index (χ0v) is 10.8. The lowest BCUT2D eigenvalue weighted by Crippen LogP contribution is -2.39. The first-order chi connectivity index (χ1) is 9.69. The molecule has 0 radical (unpaired) electrons. The first-order valence-electron chi connectivity index (χ1n) is 6.25. The molecule has 0 spiro atoms. The quantitative estimate of drug-likeness (QED) is 0.869. The van der Waals surface area contributed by atoms with E-state index in [0.717, 1.165) is 17.8 Å². The maximum absolute atomic E-state index is 13.0. The summed E-state index contributed by atoms with van der Waals surface area (Å²) >= 11 is 0. The number of benzene rings is 1. The first kappa shape index (κ1) is 14.1. The van der Waals surface area contributed by atoms with E-state index in [1.54, 1.807) is 0 Å². The molecule has 2 aromatic rings. The van der Waals surface area contributed by atoms with Gasteiger partial charge in [0.15, 0.2) is 0 Å². The second-order valence-corrected chi connectivity index (χ2v) is 4.43. The number of hydrogen-bond donors (Lipinski definition) is 2. The monoisotopic (exact) mass is 274 g/mol. The van der Waals surface area contributed by atoms with Crippen molar-refractivity contribution in [2.24, 2.45) is 0 Å². The summed E-state index contributed by atoms with van der Waals surface area (Å²) in [6, 6.07) is 10.2. The van der Waals surface area contributed by atoms with Crippen LogP contribution in [0.5, 0.6) is 0 Å². The molecule has 1 unspecified atom stereocenters. The molecule has 1 aromatic heterocycles. The van der Waals surface area contributed by atoms with Crippen molar-refractivity contribution in [2.45, 2.75) is 12.5 Å². The largest absolute Gasteiger partial charge is 0.394 e. The first-order valence-corrected chi connectivity index (χ1v) is 6.25. The molecule has 1 aromatic carbocycles. The standard InChI is InChI=1S/C15H15FN2O2/c16-13-7-12(8-17-9-13)15(20)18-14(10-19)6-11-4-2-1-3-5-11/h1-5,7-9,14,19H,6,10H2,(H,18,20). The second kappa shape index (κ2) is 6.77. The molecule has 1 heterocycles. The number of halogens is 1. The molecule has 1 atom stereocenters. The molecule has 0 aliphatic heterocycles. The number of carbonyl (C=O) groups is 1. The summed E-state index contributed by atoms with van der Waals surface area (Å²) in [5.41, 5.74) is 1.14. The number of rotatable bonds is 5. The Morgan fingerprint density at radius 2 is 2.05 bits per heavy atom. The Bertz CT molecular complexity index is 575. The van der Waals surface area contributed by atoms with E-state index >= 15 is 0 Å². The van der Waals surface area contributed by atoms with E-state index in [1.165, 1.54) is 6.20 Å². The Labute approximate surface area is 116 Å². The Hall–Kier alpha value is -2.27. The summed E-state index contributed by atoms with van der Waals surface area (Å²) in [4.78, 5) is 15.6. The smallest absolute Gasteiger partial charge is 0.253 e. The summed E-state index contributed by atoms with van der Waals surface area (Å²) in [6.45, 7) is -0.191. The zero-order chi connectivity index (χ0) is 14.4. The van der Waals surface area contributed by atoms with Crippen LogP contribution in [0.3, 0.4) is 0 Å². The Morgan fingerprint density at radius 3 is 2.70 bits per heavy atom. The fraction of sp³-hybridized carbons (Fsp3) is 0.200. The van der Waals surface area contributed by atoms with Gasteiger partial charge < -0.3 is 10.4 Å². The van der Waals surface area contributed by atoms with E-state index in [-0.39, 0.29) is 12.2 Å². The summed E-state index contributed by atoms with van der Waals surface area (Å²) < 4.78 is 13.0.